The van der Waals surface area contributed by atoms with Gasteiger partial charge in [-0.3, -0.25) is 0 Å². The largest absolute Gasteiger partial charge is 0.493 e. The summed E-state index contributed by atoms with van der Waals surface area (Å²) in [4.78, 5) is 14.1. The minimum atomic E-state index is -1.25. The van der Waals surface area contributed by atoms with E-state index in [0.717, 1.165) is 46.1 Å². The number of thiophene rings is 1. The quantitative estimate of drug-likeness (QED) is 0.852. The second-order valence-electron chi connectivity index (χ2n) is 5.93. The van der Waals surface area contributed by atoms with Crippen LogP contribution in [0.15, 0.2) is 18.2 Å². The van der Waals surface area contributed by atoms with E-state index in [1.54, 1.807) is 18.3 Å². The highest BCUT2D eigenvalue weighted by atomic mass is 32.1. The van der Waals surface area contributed by atoms with E-state index in [1.807, 2.05) is 26.0 Å². The number of aryl methyl sites for hydroxylation is 3. The molecule has 1 aromatic carbocycles. The average Bonchev–Trinajstić information content (AvgIpc) is 2.88. The first-order valence-electron chi connectivity index (χ1n) is 8.23. The summed E-state index contributed by atoms with van der Waals surface area (Å²) in [5.74, 6) is 0.336. The fourth-order valence-corrected chi connectivity index (χ4v) is 4.36. The molecule has 4 nitrogen and oxygen atoms in total. The van der Waals surface area contributed by atoms with Gasteiger partial charge in [0.2, 0.25) is 0 Å². The molecular weight excluding hydrogens is 324 g/mol. The summed E-state index contributed by atoms with van der Waals surface area (Å²) >= 11 is 1.59. The van der Waals surface area contributed by atoms with Gasteiger partial charge < -0.3 is 14.6 Å². The topological polar surface area (TPSA) is 55.8 Å². The Hall–Kier alpha value is -1.85. The van der Waals surface area contributed by atoms with E-state index >= 15 is 0 Å². The van der Waals surface area contributed by atoms with Gasteiger partial charge in [0, 0.05) is 20.9 Å². The highest BCUT2D eigenvalue weighted by molar-refractivity contribution is 7.12. The molecule has 0 bridgehead atoms. The van der Waals surface area contributed by atoms with Crippen LogP contribution < -0.4 is 4.74 Å². The van der Waals surface area contributed by atoms with Crippen molar-refractivity contribution in [3.05, 3.63) is 39.1 Å². The number of hydrogen-bond acceptors (Lipinski definition) is 5. The molecule has 128 valence electrons. The van der Waals surface area contributed by atoms with Gasteiger partial charge in [-0.25, -0.2) is 4.79 Å². The van der Waals surface area contributed by atoms with Crippen molar-refractivity contribution in [3.63, 3.8) is 0 Å². The minimum Gasteiger partial charge on any atom is -0.493 e. The van der Waals surface area contributed by atoms with E-state index in [2.05, 4.69) is 6.07 Å². The van der Waals surface area contributed by atoms with E-state index in [9.17, 15) is 9.90 Å². The molecule has 1 aromatic heterocycles. The lowest BCUT2D eigenvalue weighted by Crippen LogP contribution is -2.16. The van der Waals surface area contributed by atoms with Crippen LogP contribution in [0.5, 0.6) is 5.75 Å². The van der Waals surface area contributed by atoms with Crippen LogP contribution in [0.3, 0.4) is 0 Å². The van der Waals surface area contributed by atoms with Crippen LogP contribution in [0.2, 0.25) is 0 Å². The Bertz CT molecular complexity index is 763. The third kappa shape index (κ3) is 3.06. The van der Waals surface area contributed by atoms with Crippen molar-refractivity contribution in [1.29, 1.82) is 0 Å². The summed E-state index contributed by atoms with van der Waals surface area (Å²) in [5.41, 5.74) is 3.79. The number of fused-ring (bicyclic) bond motifs is 1. The number of carbonyl (C=O) groups is 1. The van der Waals surface area contributed by atoms with Crippen LogP contribution in [0.1, 0.15) is 40.3 Å². The predicted octanol–water partition coefficient (Wildman–Crippen LogP) is 3.95. The SMILES string of the molecule is CCOC(=O)C(O)c1c(C)sc(C)c1-c1ccc2c(c1)CCCO2. The van der Waals surface area contributed by atoms with Gasteiger partial charge in [0.25, 0.3) is 0 Å². The number of aliphatic hydroxyl groups excluding tert-OH is 1. The van der Waals surface area contributed by atoms with Gasteiger partial charge in [-0.15, -0.1) is 11.3 Å². The molecule has 2 aromatic rings. The number of esters is 1. The Morgan fingerprint density at radius 1 is 1.38 bits per heavy atom. The van der Waals surface area contributed by atoms with Crippen molar-refractivity contribution in [1.82, 2.24) is 0 Å². The average molecular weight is 346 g/mol. The lowest BCUT2D eigenvalue weighted by atomic mass is 9.94. The van der Waals surface area contributed by atoms with Crippen LogP contribution in [0.25, 0.3) is 11.1 Å². The van der Waals surface area contributed by atoms with E-state index in [1.165, 1.54) is 5.56 Å². The molecular formula is C19H22O4S. The molecule has 5 heteroatoms. The first-order valence-corrected chi connectivity index (χ1v) is 9.05. The monoisotopic (exact) mass is 346 g/mol. The third-order valence-electron chi connectivity index (χ3n) is 4.29. The highest BCUT2D eigenvalue weighted by Gasteiger charge is 2.28. The molecule has 0 radical (unpaired) electrons. The molecule has 24 heavy (non-hydrogen) atoms. The number of aliphatic hydroxyl groups is 1. The Morgan fingerprint density at radius 2 is 2.17 bits per heavy atom. The van der Waals surface area contributed by atoms with Gasteiger partial charge in [-0.1, -0.05) is 6.07 Å². The van der Waals surface area contributed by atoms with Gasteiger partial charge in [0.05, 0.1) is 13.2 Å². The summed E-state index contributed by atoms with van der Waals surface area (Å²) in [6.07, 6.45) is 0.745. The van der Waals surface area contributed by atoms with Crippen LogP contribution in [0.4, 0.5) is 0 Å². The summed E-state index contributed by atoms with van der Waals surface area (Å²) in [7, 11) is 0. The lowest BCUT2D eigenvalue weighted by Gasteiger charge is -2.19. The highest BCUT2D eigenvalue weighted by Crippen LogP contribution is 2.41. The zero-order valence-corrected chi connectivity index (χ0v) is 15.0. The van der Waals surface area contributed by atoms with Crippen LogP contribution in [0, 0.1) is 13.8 Å². The molecule has 1 aliphatic heterocycles. The maximum atomic E-state index is 12.0. The molecule has 0 aliphatic carbocycles. The maximum absolute atomic E-state index is 12.0. The zero-order valence-electron chi connectivity index (χ0n) is 14.2. The van der Waals surface area contributed by atoms with Crippen molar-refractivity contribution < 1.29 is 19.4 Å². The van der Waals surface area contributed by atoms with Crippen LogP contribution in [-0.4, -0.2) is 24.3 Å². The Labute approximate surface area is 146 Å². The molecule has 3 rings (SSSR count). The van der Waals surface area contributed by atoms with E-state index in [-0.39, 0.29) is 6.61 Å². The van der Waals surface area contributed by atoms with Crippen molar-refractivity contribution in [2.45, 2.75) is 39.7 Å². The van der Waals surface area contributed by atoms with Crippen LogP contribution in [-0.2, 0) is 16.0 Å². The second-order valence-corrected chi connectivity index (χ2v) is 7.36. The molecule has 0 saturated carbocycles. The molecule has 1 atom stereocenters. The summed E-state index contributed by atoms with van der Waals surface area (Å²) in [6.45, 7) is 6.70. The van der Waals surface area contributed by atoms with Gasteiger partial charge >= 0.3 is 5.97 Å². The first kappa shape index (κ1) is 17.0. The molecule has 0 spiro atoms. The smallest absolute Gasteiger partial charge is 0.339 e. The number of carbonyl (C=O) groups excluding carboxylic acids is 1. The van der Waals surface area contributed by atoms with E-state index in [4.69, 9.17) is 9.47 Å². The second kappa shape index (κ2) is 6.95. The van der Waals surface area contributed by atoms with Crippen LogP contribution >= 0.6 is 11.3 Å². The summed E-state index contributed by atoms with van der Waals surface area (Å²) in [5, 5.41) is 10.5. The number of ether oxygens (including phenoxy) is 2. The molecule has 0 amide bonds. The van der Waals surface area contributed by atoms with Crippen molar-refractivity contribution in [2.75, 3.05) is 13.2 Å². The lowest BCUT2D eigenvalue weighted by molar-refractivity contribution is -0.153. The molecule has 1 aliphatic rings. The van der Waals surface area contributed by atoms with E-state index < -0.39 is 12.1 Å². The molecule has 1 unspecified atom stereocenters. The number of rotatable bonds is 4. The number of hydrogen-bond donors (Lipinski definition) is 1. The summed E-state index contributed by atoms with van der Waals surface area (Å²) in [6, 6.07) is 6.10. The Balaban J connectivity index is 2.06. The zero-order chi connectivity index (χ0) is 17.3. The Kier molecular flexibility index (Phi) is 4.92. The van der Waals surface area contributed by atoms with E-state index in [0.29, 0.717) is 5.56 Å². The number of benzene rings is 1. The maximum Gasteiger partial charge on any atom is 0.339 e. The Morgan fingerprint density at radius 3 is 2.92 bits per heavy atom. The molecule has 0 saturated heterocycles. The predicted molar refractivity (Wildman–Crippen MR) is 94.6 cm³/mol. The minimum absolute atomic E-state index is 0.254. The normalized spacial score (nSPS) is 14.7. The molecule has 2 heterocycles. The van der Waals surface area contributed by atoms with Crippen molar-refractivity contribution >= 4 is 17.3 Å². The van der Waals surface area contributed by atoms with Crippen molar-refractivity contribution in [2.24, 2.45) is 0 Å². The van der Waals surface area contributed by atoms with Gasteiger partial charge in [0.15, 0.2) is 6.10 Å². The third-order valence-corrected chi connectivity index (χ3v) is 5.32. The van der Waals surface area contributed by atoms with Gasteiger partial charge in [-0.2, -0.15) is 0 Å². The first-order chi connectivity index (χ1) is 11.5. The molecule has 1 N–H and O–H groups in total. The van der Waals surface area contributed by atoms with Gasteiger partial charge in [0.1, 0.15) is 5.75 Å². The van der Waals surface area contributed by atoms with Crippen molar-refractivity contribution in [3.8, 4) is 16.9 Å². The molecule has 0 fully saturated rings. The summed E-state index contributed by atoms with van der Waals surface area (Å²) < 4.78 is 10.7. The van der Waals surface area contributed by atoms with Gasteiger partial charge in [-0.05, 0) is 56.9 Å². The standard InChI is InChI=1S/C19H22O4S/c1-4-22-19(21)18(20)17-12(3)24-11(2)16(17)14-7-8-15-13(10-14)6-5-9-23-15/h7-8,10,18,20H,4-6,9H2,1-3H3. The fraction of sp³-hybridized carbons (Fsp3) is 0.421. The fourth-order valence-electron chi connectivity index (χ4n) is 3.24.